The van der Waals surface area contributed by atoms with E-state index in [1.54, 1.807) is 0 Å². The van der Waals surface area contributed by atoms with Crippen molar-refractivity contribution in [1.82, 2.24) is 0 Å². The van der Waals surface area contributed by atoms with E-state index in [2.05, 4.69) is 32.9 Å². The van der Waals surface area contributed by atoms with Gasteiger partial charge in [0.15, 0.2) is 0 Å². The highest BCUT2D eigenvalue weighted by Gasteiger charge is 2.27. The Morgan fingerprint density at radius 1 is 1.33 bits per heavy atom. The molecule has 0 amide bonds. The highest BCUT2D eigenvalue weighted by molar-refractivity contribution is 4.88. The third-order valence-corrected chi connectivity index (χ3v) is 2.52. The first-order chi connectivity index (χ1) is 5.74. The predicted molar refractivity (Wildman–Crippen MR) is 52.2 cm³/mol. The van der Waals surface area contributed by atoms with Crippen molar-refractivity contribution >= 4 is 0 Å². The molecule has 1 aliphatic rings. The molecule has 70 valence electrons. The van der Waals surface area contributed by atoms with Gasteiger partial charge in [-0.3, -0.25) is 0 Å². The Bertz CT molecular complexity index is 151. The van der Waals surface area contributed by atoms with E-state index in [9.17, 15) is 0 Å². The minimum absolute atomic E-state index is 0.472. The Labute approximate surface area is 75.8 Å². The third-order valence-electron chi connectivity index (χ3n) is 2.52. The largest absolute Gasteiger partial charge is 0.375 e. The van der Waals surface area contributed by atoms with Gasteiger partial charge in [0.2, 0.25) is 0 Å². The lowest BCUT2D eigenvalue weighted by Gasteiger charge is -2.11. The molecule has 3 atom stereocenters. The molecule has 0 radical (unpaired) electrons. The molecule has 0 aliphatic carbocycles. The topological polar surface area (TPSA) is 9.23 Å². The van der Waals surface area contributed by atoms with Gasteiger partial charge in [0.05, 0.1) is 12.2 Å². The summed E-state index contributed by atoms with van der Waals surface area (Å²) >= 11 is 0. The standard InChI is InChI=1S/C11H20O/c1-4-5-6-7-11-9(2)8-10(3)12-11/h5-6,9-11H,4,7-8H2,1-3H3/b6-5+/t9-,10-,11-/m0/s1. The van der Waals surface area contributed by atoms with Crippen LogP contribution < -0.4 is 0 Å². The second-order valence-corrected chi connectivity index (χ2v) is 3.81. The van der Waals surface area contributed by atoms with Gasteiger partial charge in [-0.05, 0) is 32.1 Å². The molecule has 0 saturated carbocycles. The van der Waals surface area contributed by atoms with Gasteiger partial charge in [-0.15, -0.1) is 0 Å². The van der Waals surface area contributed by atoms with Crippen LogP contribution in [0.2, 0.25) is 0 Å². The summed E-state index contributed by atoms with van der Waals surface area (Å²) in [6, 6.07) is 0. The van der Waals surface area contributed by atoms with Crippen LogP contribution in [-0.2, 0) is 4.74 Å². The van der Waals surface area contributed by atoms with Crippen molar-refractivity contribution in [2.75, 3.05) is 0 Å². The van der Waals surface area contributed by atoms with Crippen molar-refractivity contribution in [2.45, 2.75) is 52.2 Å². The summed E-state index contributed by atoms with van der Waals surface area (Å²) < 4.78 is 5.77. The molecule has 0 unspecified atom stereocenters. The number of allylic oxidation sites excluding steroid dienone is 1. The number of hydrogen-bond donors (Lipinski definition) is 0. The molecule has 1 saturated heterocycles. The number of hydrogen-bond acceptors (Lipinski definition) is 1. The average molecular weight is 168 g/mol. The highest BCUT2D eigenvalue weighted by atomic mass is 16.5. The van der Waals surface area contributed by atoms with E-state index < -0.39 is 0 Å². The lowest BCUT2D eigenvalue weighted by molar-refractivity contribution is 0.0480. The normalized spacial score (nSPS) is 36.4. The maximum absolute atomic E-state index is 5.77. The Balaban J connectivity index is 2.28. The van der Waals surface area contributed by atoms with Crippen molar-refractivity contribution in [3.63, 3.8) is 0 Å². The van der Waals surface area contributed by atoms with E-state index in [-0.39, 0.29) is 0 Å². The van der Waals surface area contributed by atoms with E-state index in [0.717, 1.165) is 18.8 Å². The third kappa shape index (κ3) is 2.63. The van der Waals surface area contributed by atoms with Gasteiger partial charge < -0.3 is 4.74 Å². The van der Waals surface area contributed by atoms with Crippen LogP contribution in [0.15, 0.2) is 12.2 Å². The zero-order valence-electron chi connectivity index (χ0n) is 8.42. The Hall–Kier alpha value is -0.300. The average Bonchev–Trinajstić information content (AvgIpc) is 2.31. The molecule has 0 aromatic carbocycles. The fourth-order valence-electron chi connectivity index (χ4n) is 1.85. The Morgan fingerprint density at radius 2 is 2.08 bits per heavy atom. The van der Waals surface area contributed by atoms with Crippen LogP contribution >= 0.6 is 0 Å². The van der Waals surface area contributed by atoms with E-state index in [1.165, 1.54) is 6.42 Å². The maximum atomic E-state index is 5.77. The zero-order valence-corrected chi connectivity index (χ0v) is 8.42. The lowest BCUT2D eigenvalue weighted by Crippen LogP contribution is -2.12. The quantitative estimate of drug-likeness (QED) is 0.588. The molecular weight excluding hydrogens is 148 g/mol. The summed E-state index contributed by atoms with van der Waals surface area (Å²) in [5.41, 5.74) is 0. The second kappa shape index (κ2) is 4.66. The Morgan fingerprint density at radius 3 is 2.58 bits per heavy atom. The molecule has 1 aliphatic heterocycles. The predicted octanol–water partition coefficient (Wildman–Crippen LogP) is 3.16. The molecule has 12 heavy (non-hydrogen) atoms. The van der Waals surface area contributed by atoms with Crippen molar-refractivity contribution in [2.24, 2.45) is 5.92 Å². The molecule has 1 heterocycles. The van der Waals surface area contributed by atoms with Crippen molar-refractivity contribution < 1.29 is 4.74 Å². The number of ether oxygens (including phenoxy) is 1. The van der Waals surface area contributed by atoms with E-state index in [4.69, 9.17) is 4.74 Å². The number of rotatable bonds is 3. The van der Waals surface area contributed by atoms with Crippen molar-refractivity contribution in [3.05, 3.63) is 12.2 Å². The molecule has 0 aromatic heterocycles. The summed E-state index contributed by atoms with van der Waals surface area (Å²) in [5.74, 6) is 0.738. The van der Waals surface area contributed by atoms with Gasteiger partial charge in [0.25, 0.3) is 0 Å². The van der Waals surface area contributed by atoms with Gasteiger partial charge in [-0.25, -0.2) is 0 Å². The minimum Gasteiger partial charge on any atom is -0.375 e. The minimum atomic E-state index is 0.472. The van der Waals surface area contributed by atoms with E-state index in [0.29, 0.717) is 12.2 Å². The molecule has 0 bridgehead atoms. The Kier molecular flexibility index (Phi) is 3.80. The SMILES string of the molecule is CC/C=C/C[C@@H]1O[C@@H](C)C[C@@H]1C. The maximum Gasteiger partial charge on any atom is 0.0639 e. The molecule has 0 N–H and O–H groups in total. The van der Waals surface area contributed by atoms with Crippen LogP contribution in [0.3, 0.4) is 0 Å². The van der Waals surface area contributed by atoms with Crippen LogP contribution in [0.1, 0.15) is 40.0 Å². The summed E-state index contributed by atoms with van der Waals surface area (Å²) in [6.07, 6.45) is 8.88. The highest BCUT2D eigenvalue weighted by Crippen LogP contribution is 2.27. The molecule has 1 rings (SSSR count). The first kappa shape index (κ1) is 9.79. The molecule has 0 aromatic rings. The fourth-order valence-corrected chi connectivity index (χ4v) is 1.85. The van der Waals surface area contributed by atoms with Gasteiger partial charge in [-0.1, -0.05) is 26.0 Å². The van der Waals surface area contributed by atoms with Gasteiger partial charge >= 0.3 is 0 Å². The van der Waals surface area contributed by atoms with Crippen LogP contribution in [0.25, 0.3) is 0 Å². The first-order valence-electron chi connectivity index (χ1n) is 5.04. The molecule has 1 heteroatoms. The summed E-state index contributed by atoms with van der Waals surface area (Å²) in [5, 5.41) is 0. The van der Waals surface area contributed by atoms with Gasteiger partial charge in [0, 0.05) is 0 Å². The van der Waals surface area contributed by atoms with Crippen LogP contribution in [0.5, 0.6) is 0 Å². The van der Waals surface area contributed by atoms with Crippen LogP contribution in [0.4, 0.5) is 0 Å². The summed E-state index contributed by atoms with van der Waals surface area (Å²) in [6.45, 7) is 6.62. The van der Waals surface area contributed by atoms with Gasteiger partial charge in [0.1, 0.15) is 0 Å². The summed E-state index contributed by atoms with van der Waals surface area (Å²) in [7, 11) is 0. The fraction of sp³-hybridized carbons (Fsp3) is 0.818. The first-order valence-corrected chi connectivity index (χ1v) is 5.04. The smallest absolute Gasteiger partial charge is 0.0639 e. The molecule has 0 spiro atoms. The molecular formula is C11H20O. The lowest BCUT2D eigenvalue weighted by atomic mass is 10.00. The van der Waals surface area contributed by atoms with Gasteiger partial charge in [-0.2, -0.15) is 0 Å². The summed E-state index contributed by atoms with van der Waals surface area (Å²) in [4.78, 5) is 0. The van der Waals surface area contributed by atoms with Crippen molar-refractivity contribution in [3.8, 4) is 0 Å². The van der Waals surface area contributed by atoms with E-state index in [1.807, 2.05) is 0 Å². The van der Waals surface area contributed by atoms with E-state index >= 15 is 0 Å². The van der Waals surface area contributed by atoms with Crippen molar-refractivity contribution in [1.29, 1.82) is 0 Å². The zero-order chi connectivity index (χ0) is 8.97. The molecule has 1 nitrogen and oxygen atoms in total. The van der Waals surface area contributed by atoms with Crippen LogP contribution in [-0.4, -0.2) is 12.2 Å². The molecule has 1 fully saturated rings. The monoisotopic (exact) mass is 168 g/mol. The van der Waals surface area contributed by atoms with Crippen LogP contribution in [0, 0.1) is 5.92 Å². The second-order valence-electron chi connectivity index (χ2n) is 3.81.